The quantitative estimate of drug-likeness (QED) is 0.528. The van der Waals surface area contributed by atoms with Gasteiger partial charge in [0.25, 0.3) is 0 Å². The Morgan fingerprint density at radius 2 is 1.32 bits per heavy atom. The molecule has 1 aliphatic heterocycles. The van der Waals surface area contributed by atoms with Crippen molar-refractivity contribution in [3.63, 3.8) is 0 Å². The van der Waals surface area contributed by atoms with E-state index >= 15 is 0 Å². The number of hydrogen-bond donors (Lipinski definition) is 1. The first-order valence-electron chi connectivity index (χ1n) is 12.5. The Labute approximate surface area is 207 Å². The minimum atomic E-state index is -1.14. The topological polar surface area (TPSA) is 40.5 Å². The van der Waals surface area contributed by atoms with Crippen molar-refractivity contribution in [2.75, 3.05) is 18.1 Å². The first-order valence-corrected chi connectivity index (χ1v) is 14.2. The van der Waals surface area contributed by atoms with E-state index in [0.717, 1.165) is 31.5 Å². The van der Waals surface area contributed by atoms with Crippen LogP contribution in [0.4, 0.5) is 5.69 Å². The molecule has 1 heterocycles. The van der Waals surface area contributed by atoms with Gasteiger partial charge in [-0.15, -0.1) is 0 Å². The number of carbonyl (C=O) groups is 1. The van der Waals surface area contributed by atoms with Gasteiger partial charge in [0, 0.05) is 25.3 Å². The maximum atomic E-state index is 12.0. The molecule has 1 saturated heterocycles. The molecule has 4 rings (SSSR count). The van der Waals surface area contributed by atoms with Crippen molar-refractivity contribution >= 4 is 30.8 Å². The van der Waals surface area contributed by atoms with E-state index in [0.29, 0.717) is 17.4 Å². The van der Waals surface area contributed by atoms with Crippen molar-refractivity contribution in [3.8, 4) is 0 Å². The van der Waals surface area contributed by atoms with Crippen molar-refractivity contribution in [2.45, 2.75) is 51.5 Å². The van der Waals surface area contributed by atoms with Gasteiger partial charge in [0.1, 0.15) is 8.80 Å². The van der Waals surface area contributed by atoms with Gasteiger partial charge in [-0.05, 0) is 42.4 Å². The Morgan fingerprint density at radius 3 is 1.79 bits per heavy atom. The zero-order valence-corrected chi connectivity index (χ0v) is 22.0. The molecule has 1 fully saturated rings. The maximum Gasteiger partial charge on any atom is 0.226 e. The SMILES string of the molecule is CC(C)(C)[SiH](c1ccccc1)c1ccccc1.O=C1CCC(CCO)CCN1c1ccccc1. The fourth-order valence-corrected chi connectivity index (χ4v) is 8.48. The number of benzene rings is 3. The molecule has 1 atom stereocenters. The zero-order chi connectivity index (χ0) is 24.4. The molecule has 0 radical (unpaired) electrons. The molecule has 0 spiro atoms. The van der Waals surface area contributed by atoms with Crippen molar-refractivity contribution in [2.24, 2.45) is 5.92 Å². The Hall–Kier alpha value is -2.69. The Bertz CT molecular complexity index is 947. The van der Waals surface area contributed by atoms with E-state index in [2.05, 4.69) is 81.4 Å². The number of aliphatic hydroxyl groups excluding tert-OH is 1. The molecule has 1 N–H and O–H groups in total. The fourth-order valence-electron chi connectivity index (χ4n) is 4.88. The van der Waals surface area contributed by atoms with Crippen molar-refractivity contribution in [1.82, 2.24) is 0 Å². The van der Waals surface area contributed by atoms with Crippen LogP contribution in [0.15, 0.2) is 91.0 Å². The molecule has 0 aliphatic carbocycles. The number of amides is 1. The Kier molecular flexibility index (Phi) is 9.67. The highest BCUT2D eigenvalue weighted by molar-refractivity contribution is 6.87. The van der Waals surface area contributed by atoms with Gasteiger partial charge in [0.15, 0.2) is 0 Å². The summed E-state index contributed by atoms with van der Waals surface area (Å²) in [5, 5.41) is 12.4. The maximum absolute atomic E-state index is 12.0. The summed E-state index contributed by atoms with van der Waals surface area (Å²) in [7, 11) is -1.14. The van der Waals surface area contributed by atoms with Gasteiger partial charge in [-0.2, -0.15) is 0 Å². The predicted molar refractivity (Wildman–Crippen MR) is 147 cm³/mol. The van der Waals surface area contributed by atoms with Crippen LogP contribution in [0, 0.1) is 5.92 Å². The number of carbonyl (C=O) groups excluding carboxylic acids is 1. The van der Waals surface area contributed by atoms with E-state index in [4.69, 9.17) is 5.11 Å². The summed E-state index contributed by atoms with van der Waals surface area (Å²) < 4.78 is 0. The summed E-state index contributed by atoms with van der Waals surface area (Å²) in [5.74, 6) is 0.689. The largest absolute Gasteiger partial charge is 0.396 e. The van der Waals surface area contributed by atoms with Crippen LogP contribution < -0.4 is 15.3 Å². The van der Waals surface area contributed by atoms with Gasteiger partial charge in [-0.25, -0.2) is 0 Å². The summed E-state index contributed by atoms with van der Waals surface area (Å²) >= 11 is 0. The van der Waals surface area contributed by atoms with Crippen LogP contribution >= 0.6 is 0 Å². The molecule has 1 aliphatic rings. The summed E-state index contributed by atoms with van der Waals surface area (Å²) in [4.78, 5) is 13.9. The molecule has 1 unspecified atom stereocenters. The molecular weight excluding hydrogens is 434 g/mol. The molecule has 0 bridgehead atoms. The van der Waals surface area contributed by atoms with Gasteiger partial charge in [0.2, 0.25) is 5.91 Å². The van der Waals surface area contributed by atoms with Gasteiger partial charge in [-0.3, -0.25) is 4.79 Å². The van der Waals surface area contributed by atoms with Crippen LogP contribution in [0.2, 0.25) is 5.04 Å². The molecule has 4 heteroatoms. The average molecular weight is 474 g/mol. The molecule has 3 aromatic carbocycles. The molecule has 1 amide bonds. The zero-order valence-electron chi connectivity index (χ0n) is 20.9. The van der Waals surface area contributed by atoms with E-state index in [9.17, 15) is 4.79 Å². The summed E-state index contributed by atoms with van der Waals surface area (Å²) in [6.07, 6.45) is 3.30. The highest BCUT2D eigenvalue weighted by Gasteiger charge is 2.29. The number of aliphatic hydroxyl groups is 1. The third kappa shape index (κ3) is 7.41. The Balaban J connectivity index is 0.000000191. The highest BCUT2D eigenvalue weighted by Crippen LogP contribution is 2.27. The van der Waals surface area contributed by atoms with E-state index in [1.54, 1.807) is 0 Å². The normalized spacial score (nSPS) is 16.6. The van der Waals surface area contributed by atoms with Crippen LogP contribution in [0.5, 0.6) is 0 Å². The lowest BCUT2D eigenvalue weighted by Gasteiger charge is -2.30. The minimum Gasteiger partial charge on any atom is -0.396 e. The lowest BCUT2D eigenvalue weighted by molar-refractivity contribution is -0.118. The molecule has 3 nitrogen and oxygen atoms in total. The van der Waals surface area contributed by atoms with Crippen molar-refractivity contribution in [1.29, 1.82) is 0 Å². The summed E-state index contributed by atoms with van der Waals surface area (Å²) in [6, 6.07) is 31.8. The first-order chi connectivity index (χ1) is 16.4. The molecule has 0 saturated carbocycles. The average Bonchev–Trinajstić information content (AvgIpc) is 3.02. The predicted octanol–water partition coefficient (Wildman–Crippen LogP) is 5.03. The summed E-state index contributed by atoms with van der Waals surface area (Å²) in [5.41, 5.74) is 0.988. The lowest BCUT2D eigenvalue weighted by atomic mass is 9.97. The molecule has 34 heavy (non-hydrogen) atoms. The highest BCUT2D eigenvalue weighted by atomic mass is 28.3. The molecule has 0 aromatic heterocycles. The van der Waals surface area contributed by atoms with E-state index in [1.165, 1.54) is 10.4 Å². The smallest absolute Gasteiger partial charge is 0.226 e. The third-order valence-electron chi connectivity index (χ3n) is 6.57. The molecule has 180 valence electrons. The van der Waals surface area contributed by atoms with Crippen molar-refractivity contribution in [3.05, 3.63) is 91.0 Å². The van der Waals surface area contributed by atoms with Gasteiger partial charge in [-0.1, -0.05) is 110 Å². The van der Waals surface area contributed by atoms with Gasteiger partial charge >= 0.3 is 0 Å². The van der Waals surface area contributed by atoms with E-state index in [1.807, 2.05) is 35.2 Å². The number of rotatable bonds is 5. The second kappa shape index (κ2) is 12.7. The monoisotopic (exact) mass is 473 g/mol. The second-order valence-corrected chi connectivity index (χ2v) is 14.1. The number of hydrogen-bond acceptors (Lipinski definition) is 2. The van der Waals surface area contributed by atoms with E-state index in [-0.39, 0.29) is 12.5 Å². The minimum absolute atomic E-state index is 0.205. The van der Waals surface area contributed by atoms with Crippen LogP contribution in [0.3, 0.4) is 0 Å². The number of nitrogens with zero attached hydrogens (tertiary/aromatic N) is 1. The van der Waals surface area contributed by atoms with Crippen LogP contribution in [-0.2, 0) is 4.79 Å². The standard InChI is InChI=1S/C16H20Si.C14H19NO2/c1-16(2,3)17(14-10-6-4-7-11-14)15-12-8-5-9-13-15;16-11-9-12-6-7-14(17)15(10-8-12)13-4-2-1-3-5-13/h4-13,17H,1-3H3;1-5,12,16H,6-11H2. The van der Waals surface area contributed by atoms with E-state index < -0.39 is 8.80 Å². The lowest BCUT2D eigenvalue weighted by Crippen LogP contribution is -2.48. The van der Waals surface area contributed by atoms with Crippen LogP contribution in [-0.4, -0.2) is 33.0 Å². The second-order valence-electron chi connectivity index (χ2n) is 10.2. The number of anilines is 1. The first kappa shape index (κ1) is 25.9. The van der Waals surface area contributed by atoms with Gasteiger partial charge < -0.3 is 10.0 Å². The Morgan fingerprint density at radius 1 is 0.824 bits per heavy atom. The van der Waals surface area contributed by atoms with Crippen LogP contribution in [0.25, 0.3) is 0 Å². The van der Waals surface area contributed by atoms with Crippen molar-refractivity contribution < 1.29 is 9.90 Å². The fraction of sp³-hybridized carbons (Fsp3) is 0.367. The number of para-hydroxylation sites is 1. The molecule has 3 aromatic rings. The van der Waals surface area contributed by atoms with Gasteiger partial charge in [0.05, 0.1) is 0 Å². The molecular formula is C30H39NO2Si. The third-order valence-corrected chi connectivity index (χ3v) is 10.4. The van der Waals surface area contributed by atoms with Crippen LogP contribution in [0.1, 0.15) is 46.5 Å². The summed E-state index contributed by atoms with van der Waals surface area (Å²) in [6.45, 7) is 8.09.